The van der Waals surface area contributed by atoms with Gasteiger partial charge >= 0.3 is 12.5 Å². The number of carbonyl (C=O) groups excluding carboxylic acids is 2. The van der Waals surface area contributed by atoms with E-state index in [1.165, 1.54) is 18.2 Å². The first-order chi connectivity index (χ1) is 17.2. The normalized spacial score (nSPS) is 11.6. The first kappa shape index (κ1) is 27.1. The lowest BCUT2D eigenvalue weighted by atomic mass is 10.1. The van der Waals surface area contributed by atoms with Crippen molar-refractivity contribution in [3.63, 3.8) is 0 Å². The lowest BCUT2D eigenvalue weighted by Crippen LogP contribution is -2.17. The van der Waals surface area contributed by atoms with E-state index in [0.717, 1.165) is 25.3 Å². The van der Waals surface area contributed by atoms with Crippen molar-refractivity contribution in [2.24, 2.45) is 5.73 Å². The summed E-state index contributed by atoms with van der Waals surface area (Å²) in [5.74, 6) is -3.69. The number of pyridine rings is 1. The average molecular weight is 529 g/mol. The second-order valence-corrected chi connectivity index (χ2v) is 7.37. The van der Waals surface area contributed by atoms with Gasteiger partial charge in [-0.3, -0.25) is 14.6 Å². The number of carbonyl (C=O) groups is 2. The molecule has 0 bridgehead atoms. The third-order valence-electron chi connectivity index (χ3n) is 4.75. The number of halogens is 6. The second-order valence-electron chi connectivity index (χ2n) is 7.37. The van der Waals surface area contributed by atoms with Gasteiger partial charge in [-0.2, -0.15) is 13.2 Å². The smallest absolute Gasteiger partial charge is 0.493 e. The van der Waals surface area contributed by atoms with Crippen LogP contribution in [0.3, 0.4) is 0 Å². The quantitative estimate of drug-likeness (QED) is 0.393. The van der Waals surface area contributed by atoms with E-state index in [-0.39, 0.29) is 22.7 Å². The fourth-order valence-corrected chi connectivity index (χ4v) is 3.06. The van der Waals surface area contributed by atoms with Crippen LogP contribution in [0.1, 0.15) is 32.0 Å². The molecular formula is C23H17F6N3O5. The van der Waals surface area contributed by atoms with Gasteiger partial charge in [0.05, 0.1) is 7.11 Å². The van der Waals surface area contributed by atoms with Crippen LogP contribution in [0.5, 0.6) is 23.0 Å². The molecule has 37 heavy (non-hydrogen) atoms. The lowest BCUT2D eigenvalue weighted by molar-refractivity contribution is -0.274. The molecule has 1 aromatic heterocycles. The Morgan fingerprint density at radius 2 is 1.62 bits per heavy atom. The minimum Gasteiger partial charge on any atom is -0.493 e. The Morgan fingerprint density at radius 1 is 0.919 bits per heavy atom. The lowest BCUT2D eigenvalue weighted by Gasteiger charge is -2.17. The molecule has 0 atom stereocenters. The number of ether oxygens (including phenoxy) is 3. The highest BCUT2D eigenvalue weighted by Crippen LogP contribution is 2.39. The molecule has 0 aliphatic carbocycles. The van der Waals surface area contributed by atoms with Gasteiger partial charge in [0.25, 0.3) is 5.91 Å². The van der Waals surface area contributed by atoms with E-state index < -0.39 is 47.1 Å². The minimum atomic E-state index is -5.00. The molecule has 0 aliphatic heterocycles. The van der Waals surface area contributed by atoms with Crippen molar-refractivity contribution in [3.8, 4) is 23.0 Å². The predicted octanol–water partition coefficient (Wildman–Crippen LogP) is 5.46. The van der Waals surface area contributed by atoms with Gasteiger partial charge in [-0.15, -0.1) is 13.2 Å². The van der Waals surface area contributed by atoms with E-state index in [2.05, 4.69) is 15.0 Å². The molecule has 3 aromatic rings. The molecule has 8 nitrogen and oxygen atoms in total. The molecule has 0 fully saturated rings. The molecule has 0 aliphatic rings. The van der Waals surface area contributed by atoms with Crippen LogP contribution >= 0.6 is 0 Å². The second kappa shape index (κ2) is 10.2. The van der Waals surface area contributed by atoms with Crippen molar-refractivity contribution in [1.82, 2.24) is 4.98 Å². The van der Waals surface area contributed by atoms with Gasteiger partial charge < -0.3 is 25.3 Å². The maximum atomic E-state index is 13.3. The van der Waals surface area contributed by atoms with Crippen LogP contribution in [0.15, 0.2) is 48.7 Å². The maximum Gasteiger partial charge on any atom is 0.573 e. The highest BCUT2D eigenvalue weighted by Gasteiger charge is 2.34. The zero-order chi connectivity index (χ0) is 27.5. The topological polar surface area (TPSA) is 113 Å². The summed E-state index contributed by atoms with van der Waals surface area (Å²) in [5, 5.41) is 2.40. The number of primary amides is 1. The van der Waals surface area contributed by atoms with Gasteiger partial charge in [0.2, 0.25) is 5.91 Å². The Balaban J connectivity index is 2.00. The van der Waals surface area contributed by atoms with Crippen molar-refractivity contribution in [1.29, 1.82) is 0 Å². The molecule has 2 aromatic carbocycles. The van der Waals surface area contributed by atoms with E-state index >= 15 is 0 Å². The zero-order valence-corrected chi connectivity index (χ0v) is 19.0. The van der Waals surface area contributed by atoms with Crippen LogP contribution in [0.4, 0.5) is 32.0 Å². The van der Waals surface area contributed by atoms with Crippen LogP contribution in [-0.4, -0.2) is 30.3 Å². The third kappa shape index (κ3) is 6.80. The van der Waals surface area contributed by atoms with Gasteiger partial charge in [-0.1, -0.05) is 6.07 Å². The number of nitrogens with zero attached hydrogens (tertiary/aromatic N) is 1. The Labute approximate surface area is 205 Å². The van der Waals surface area contributed by atoms with Gasteiger partial charge in [-0.05, 0) is 36.8 Å². The Hall–Kier alpha value is -4.49. The average Bonchev–Trinajstić information content (AvgIpc) is 2.79. The number of hydrogen-bond donors (Lipinski definition) is 2. The van der Waals surface area contributed by atoms with Gasteiger partial charge in [0.15, 0.2) is 11.5 Å². The predicted molar refractivity (Wildman–Crippen MR) is 117 cm³/mol. The van der Waals surface area contributed by atoms with Crippen molar-refractivity contribution >= 4 is 17.5 Å². The molecule has 2 amide bonds. The molecule has 196 valence electrons. The monoisotopic (exact) mass is 529 g/mol. The molecular weight excluding hydrogens is 512 g/mol. The molecule has 3 N–H and O–H groups in total. The molecule has 0 radical (unpaired) electrons. The summed E-state index contributed by atoms with van der Waals surface area (Å²) in [6, 6.07) is 7.23. The number of rotatable bonds is 7. The van der Waals surface area contributed by atoms with Crippen molar-refractivity contribution in [2.75, 3.05) is 12.4 Å². The van der Waals surface area contributed by atoms with Crippen molar-refractivity contribution < 1.29 is 50.1 Å². The van der Waals surface area contributed by atoms with E-state index in [1.54, 1.807) is 6.92 Å². The summed E-state index contributed by atoms with van der Waals surface area (Å²) in [6.07, 6.45) is -9.30. The number of nitrogens with one attached hydrogen (secondary N) is 1. The third-order valence-corrected chi connectivity index (χ3v) is 4.75. The standard InChI is InChI=1S/C23H17F6N3O5/c1-11-3-4-12(7-14(11)20(30)33)32-21(34)15-10-31-19(22(24,25)26)9-17(15)36-16-6-5-13(8-18(16)35-2)37-23(27,28)29/h3-10H,1-2H3,(H2,30,33)(H,32,34). The molecule has 0 unspecified atom stereocenters. The molecule has 0 spiro atoms. The molecule has 1 heterocycles. The van der Waals surface area contributed by atoms with Crippen LogP contribution in [0.2, 0.25) is 0 Å². The largest absolute Gasteiger partial charge is 0.573 e. The van der Waals surface area contributed by atoms with E-state index in [0.29, 0.717) is 17.8 Å². The van der Waals surface area contributed by atoms with Crippen LogP contribution in [0.25, 0.3) is 0 Å². The summed E-state index contributed by atoms with van der Waals surface area (Å²) in [6.45, 7) is 1.61. The SMILES string of the molecule is COc1cc(OC(F)(F)F)ccc1Oc1cc(C(F)(F)F)ncc1C(=O)Nc1ccc(C)c(C(N)=O)c1. The van der Waals surface area contributed by atoms with E-state index in [1.807, 2.05) is 0 Å². The number of benzene rings is 2. The Kier molecular flexibility index (Phi) is 7.50. The van der Waals surface area contributed by atoms with E-state index in [4.69, 9.17) is 15.2 Å². The van der Waals surface area contributed by atoms with Gasteiger partial charge in [0.1, 0.15) is 22.8 Å². The number of hydrogen-bond acceptors (Lipinski definition) is 6. The summed E-state index contributed by atoms with van der Waals surface area (Å²) < 4.78 is 91.6. The fourth-order valence-electron chi connectivity index (χ4n) is 3.06. The van der Waals surface area contributed by atoms with E-state index in [9.17, 15) is 35.9 Å². The number of methoxy groups -OCH3 is 1. The Morgan fingerprint density at radius 3 is 2.22 bits per heavy atom. The van der Waals surface area contributed by atoms with Crippen molar-refractivity contribution in [3.05, 3.63) is 71.0 Å². The summed E-state index contributed by atoms with van der Waals surface area (Å²) in [7, 11) is 1.08. The fraction of sp³-hybridized carbons (Fsp3) is 0.174. The molecule has 3 rings (SSSR count). The van der Waals surface area contributed by atoms with Crippen LogP contribution < -0.4 is 25.3 Å². The summed E-state index contributed by atoms with van der Waals surface area (Å²) in [5.41, 5.74) is 4.15. The summed E-state index contributed by atoms with van der Waals surface area (Å²) >= 11 is 0. The van der Waals surface area contributed by atoms with Gasteiger partial charge in [0, 0.05) is 29.6 Å². The first-order valence-electron chi connectivity index (χ1n) is 10.1. The van der Waals surface area contributed by atoms with Gasteiger partial charge in [-0.25, -0.2) is 0 Å². The molecule has 14 heteroatoms. The maximum absolute atomic E-state index is 13.3. The molecule has 0 saturated carbocycles. The van der Waals surface area contributed by atoms with Crippen LogP contribution in [-0.2, 0) is 6.18 Å². The van der Waals surface area contributed by atoms with Crippen molar-refractivity contribution in [2.45, 2.75) is 19.5 Å². The first-order valence-corrected chi connectivity index (χ1v) is 10.1. The number of aromatic nitrogens is 1. The van der Waals surface area contributed by atoms with Crippen LogP contribution in [0, 0.1) is 6.92 Å². The summed E-state index contributed by atoms with van der Waals surface area (Å²) in [4.78, 5) is 27.7. The molecule has 0 saturated heterocycles. The Bertz CT molecular complexity index is 1340. The number of aryl methyl sites for hydroxylation is 1. The highest BCUT2D eigenvalue weighted by atomic mass is 19.4. The highest BCUT2D eigenvalue weighted by molar-refractivity contribution is 6.06. The number of alkyl halides is 6. The number of anilines is 1. The number of nitrogens with two attached hydrogens (primary N) is 1. The zero-order valence-electron chi connectivity index (χ0n) is 19.0. The minimum absolute atomic E-state index is 0.0986. The number of amides is 2.